The van der Waals surface area contributed by atoms with Crippen molar-refractivity contribution in [3.05, 3.63) is 71.8 Å². The largest absolute Gasteiger partial charge is 0.493 e. The molecule has 4 aromatic rings. The van der Waals surface area contributed by atoms with Gasteiger partial charge < -0.3 is 14.2 Å². The highest BCUT2D eigenvalue weighted by atomic mass is 32.1. The third-order valence-corrected chi connectivity index (χ3v) is 6.03. The molecule has 0 aliphatic rings. The van der Waals surface area contributed by atoms with Crippen LogP contribution in [-0.2, 0) is 4.79 Å². The van der Waals surface area contributed by atoms with Gasteiger partial charge in [-0.3, -0.25) is 10.1 Å². The Hall–Kier alpha value is -3.74. The number of anilines is 1. The molecule has 4 rings (SSSR count). The van der Waals surface area contributed by atoms with Crippen molar-refractivity contribution in [2.75, 3.05) is 19.5 Å². The lowest BCUT2D eigenvalue weighted by Gasteiger charge is -2.18. The number of fused-ring (bicyclic) bond motifs is 1. The fourth-order valence-electron chi connectivity index (χ4n) is 3.15. The van der Waals surface area contributed by atoms with Crippen LogP contribution in [0.3, 0.4) is 0 Å². The molecule has 1 unspecified atom stereocenters. The van der Waals surface area contributed by atoms with Gasteiger partial charge in [0.25, 0.3) is 5.91 Å². The quantitative estimate of drug-likeness (QED) is 0.287. The topological polar surface area (TPSA) is 93.5 Å². The van der Waals surface area contributed by atoms with E-state index in [9.17, 15) is 4.79 Å². The standard InChI is InChI=1S/C24H19N3O4S2.C2H6/c1-29-19-11-18-21(12-20(19)30-2)33-24(26-18)27-23(28)22(15-5-9-17(32)10-6-15)31-16-7-3-14(13-25)4-8-16;1-2/h3-12,22,32H,1-2H3,(H,26,27,28);1-2H3. The van der Waals surface area contributed by atoms with E-state index in [0.717, 1.165) is 9.60 Å². The fourth-order valence-corrected chi connectivity index (χ4v) is 4.17. The molecule has 0 saturated carbocycles. The molecule has 1 atom stereocenters. The Kier molecular flexibility index (Phi) is 8.95. The minimum Gasteiger partial charge on any atom is -0.493 e. The summed E-state index contributed by atoms with van der Waals surface area (Å²) in [6.07, 6.45) is -0.942. The van der Waals surface area contributed by atoms with E-state index in [2.05, 4.69) is 29.0 Å². The van der Waals surface area contributed by atoms with Crippen LogP contribution in [0.15, 0.2) is 65.6 Å². The van der Waals surface area contributed by atoms with Gasteiger partial charge in [0.05, 0.1) is 36.1 Å². The first-order chi connectivity index (χ1) is 17.0. The zero-order valence-electron chi connectivity index (χ0n) is 19.7. The zero-order chi connectivity index (χ0) is 25.4. The highest BCUT2D eigenvalue weighted by Gasteiger charge is 2.24. The molecule has 0 aliphatic carbocycles. The first kappa shape index (κ1) is 25.9. The Labute approximate surface area is 213 Å². The average molecular weight is 508 g/mol. The molecule has 3 aromatic carbocycles. The summed E-state index contributed by atoms with van der Waals surface area (Å²) in [5, 5.41) is 12.3. The van der Waals surface area contributed by atoms with Crippen molar-refractivity contribution >= 4 is 45.2 Å². The van der Waals surface area contributed by atoms with E-state index in [1.165, 1.54) is 11.3 Å². The Morgan fingerprint density at radius 2 is 1.66 bits per heavy atom. The number of benzene rings is 3. The van der Waals surface area contributed by atoms with E-state index in [1.807, 2.05) is 19.9 Å². The summed E-state index contributed by atoms with van der Waals surface area (Å²) in [5.74, 6) is 1.22. The Morgan fingerprint density at radius 1 is 1.03 bits per heavy atom. The molecule has 1 amide bonds. The number of nitrogens with zero attached hydrogens (tertiary/aromatic N) is 2. The van der Waals surface area contributed by atoms with Crippen LogP contribution in [-0.4, -0.2) is 25.1 Å². The second-order valence-corrected chi connectivity index (χ2v) is 8.46. The number of hydrogen-bond donors (Lipinski definition) is 2. The maximum absolute atomic E-state index is 13.3. The number of hydrogen-bond acceptors (Lipinski definition) is 8. The van der Waals surface area contributed by atoms with Crippen LogP contribution in [0.1, 0.15) is 31.1 Å². The second-order valence-electron chi connectivity index (χ2n) is 6.91. The number of thiol groups is 1. The van der Waals surface area contributed by atoms with Gasteiger partial charge in [-0.2, -0.15) is 5.26 Å². The first-order valence-electron chi connectivity index (χ1n) is 10.8. The van der Waals surface area contributed by atoms with E-state index in [1.54, 1.807) is 68.8 Å². The minimum absolute atomic E-state index is 0.385. The van der Waals surface area contributed by atoms with Crippen molar-refractivity contribution in [1.82, 2.24) is 4.98 Å². The number of aromatic nitrogens is 1. The van der Waals surface area contributed by atoms with E-state index in [-0.39, 0.29) is 5.91 Å². The zero-order valence-corrected chi connectivity index (χ0v) is 21.4. The number of ether oxygens (including phenoxy) is 3. The number of carbonyl (C=O) groups excluding carboxylic acids is 1. The summed E-state index contributed by atoms with van der Waals surface area (Å²) >= 11 is 5.63. The minimum atomic E-state index is -0.942. The lowest BCUT2D eigenvalue weighted by Crippen LogP contribution is -2.25. The number of thiazole rings is 1. The van der Waals surface area contributed by atoms with Crippen molar-refractivity contribution in [2.24, 2.45) is 0 Å². The van der Waals surface area contributed by atoms with Crippen molar-refractivity contribution in [3.63, 3.8) is 0 Å². The van der Waals surface area contributed by atoms with Gasteiger partial charge in [-0.05, 0) is 36.4 Å². The molecule has 0 spiro atoms. The van der Waals surface area contributed by atoms with Crippen LogP contribution in [0, 0.1) is 11.3 Å². The monoisotopic (exact) mass is 507 g/mol. The van der Waals surface area contributed by atoms with Crippen molar-refractivity contribution in [3.8, 4) is 23.3 Å². The van der Waals surface area contributed by atoms with Gasteiger partial charge in [-0.15, -0.1) is 12.6 Å². The van der Waals surface area contributed by atoms with Crippen LogP contribution in [0.2, 0.25) is 0 Å². The summed E-state index contributed by atoms with van der Waals surface area (Å²) < 4.78 is 17.5. The summed E-state index contributed by atoms with van der Waals surface area (Å²) in [6, 6.07) is 19.4. The predicted octanol–water partition coefficient (Wildman–Crippen LogP) is 6.26. The van der Waals surface area contributed by atoms with E-state index in [0.29, 0.717) is 39.0 Å². The van der Waals surface area contributed by atoms with Crippen molar-refractivity contribution in [1.29, 1.82) is 5.26 Å². The second kappa shape index (κ2) is 12.1. The van der Waals surface area contributed by atoms with Gasteiger partial charge in [-0.1, -0.05) is 37.3 Å². The predicted molar refractivity (Wildman–Crippen MR) is 141 cm³/mol. The van der Waals surface area contributed by atoms with Gasteiger partial charge in [0, 0.05) is 22.6 Å². The molecular weight excluding hydrogens is 482 g/mol. The number of nitrogens with one attached hydrogen (secondary N) is 1. The van der Waals surface area contributed by atoms with Gasteiger partial charge in [-0.25, -0.2) is 4.98 Å². The van der Waals surface area contributed by atoms with Crippen LogP contribution < -0.4 is 19.5 Å². The Morgan fingerprint density at radius 3 is 2.26 bits per heavy atom. The smallest absolute Gasteiger partial charge is 0.271 e. The van der Waals surface area contributed by atoms with Crippen molar-refractivity contribution in [2.45, 2.75) is 24.8 Å². The maximum Gasteiger partial charge on any atom is 0.271 e. The molecule has 0 aliphatic heterocycles. The first-order valence-corrected chi connectivity index (χ1v) is 12.1. The number of nitriles is 1. The van der Waals surface area contributed by atoms with Gasteiger partial charge in [0.2, 0.25) is 6.10 Å². The number of methoxy groups -OCH3 is 2. The number of carbonyl (C=O) groups is 1. The van der Waals surface area contributed by atoms with Crippen LogP contribution in [0.4, 0.5) is 5.13 Å². The lowest BCUT2D eigenvalue weighted by molar-refractivity contribution is -0.123. The van der Waals surface area contributed by atoms with E-state index in [4.69, 9.17) is 19.5 Å². The van der Waals surface area contributed by atoms with Crippen LogP contribution in [0.25, 0.3) is 10.2 Å². The molecule has 7 nitrogen and oxygen atoms in total. The van der Waals surface area contributed by atoms with E-state index < -0.39 is 6.10 Å². The Bertz CT molecular complexity index is 1290. The Balaban J connectivity index is 0.00000167. The number of amides is 1. The van der Waals surface area contributed by atoms with Gasteiger partial charge >= 0.3 is 0 Å². The average Bonchev–Trinajstić information content (AvgIpc) is 3.29. The summed E-state index contributed by atoms with van der Waals surface area (Å²) in [6.45, 7) is 4.00. The molecular formula is C26H25N3O4S2. The van der Waals surface area contributed by atoms with Gasteiger partial charge in [0.1, 0.15) is 5.75 Å². The summed E-state index contributed by atoms with van der Waals surface area (Å²) in [4.78, 5) is 18.5. The molecule has 9 heteroatoms. The van der Waals surface area contributed by atoms with Crippen LogP contribution in [0.5, 0.6) is 17.2 Å². The SMILES string of the molecule is CC.COc1cc2nc(NC(=O)C(Oc3ccc(C#N)cc3)c3ccc(S)cc3)sc2cc1OC. The lowest BCUT2D eigenvalue weighted by atomic mass is 10.1. The molecule has 1 aromatic heterocycles. The highest BCUT2D eigenvalue weighted by molar-refractivity contribution is 7.80. The normalized spacial score (nSPS) is 11.0. The molecule has 0 bridgehead atoms. The molecule has 0 fully saturated rings. The van der Waals surface area contributed by atoms with Crippen LogP contribution >= 0.6 is 24.0 Å². The van der Waals surface area contributed by atoms with Gasteiger partial charge in [0.15, 0.2) is 16.6 Å². The molecule has 1 N–H and O–H groups in total. The third kappa shape index (κ3) is 6.23. The molecule has 180 valence electrons. The highest BCUT2D eigenvalue weighted by Crippen LogP contribution is 2.36. The summed E-state index contributed by atoms with van der Waals surface area (Å²) in [5.41, 5.74) is 1.83. The van der Waals surface area contributed by atoms with E-state index >= 15 is 0 Å². The van der Waals surface area contributed by atoms with Crippen molar-refractivity contribution < 1.29 is 19.0 Å². The molecule has 1 heterocycles. The molecule has 0 saturated heterocycles. The molecule has 0 radical (unpaired) electrons. The number of rotatable bonds is 7. The summed E-state index contributed by atoms with van der Waals surface area (Å²) in [7, 11) is 3.12. The molecule has 35 heavy (non-hydrogen) atoms. The maximum atomic E-state index is 13.3. The third-order valence-electron chi connectivity index (χ3n) is 4.80. The fraction of sp³-hybridized carbons (Fsp3) is 0.192.